The van der Waals surface area contributed by atoms with Gasteiger partial charge in [0.1, 0.15) is 0 Å². The summed E-state index contributed by atoms with van der Waals surface area (Å²) < 4.78 is 2.77. The van der Waals surface area contributed by atoms with Gasteiger partial charge < -0.3 is 0 Å². The van der Waals surface area contributed by atoms with E-state index >= 15 is 0 Å². The molecule has 0 amide bonds. The van der Waals surface area contributed by atoms with Gasteiger partial charge >= 0.3 is 0 Å². The van der Waals surface area contributed by atoms with Crippen LogP contribution in [0.4, 0.5) is 0 Å². The first-order valence-corrected chi connectivity index (χ1v) is 13.8. The summed E-state index contributed by atoms with van der Waals surface area (Å²) >= 11 is 11.2. The third-order valence-corrected chi connectivity index (χ3v) is 10.5. The fraction of sp³-hybridized carbons (Fsp3) is 0.100. The molecule has 0 aliphatic heterocycles. The van der Waals surface area contributed by atoms with Gasteiger partial charge in [-0.05, 0) is 70.4 Å². The van der Waals surface area contributed by atoms with Crippen LogP contribution in [0.1, 0.15) is 0 Å². The Balaban J connectivity index is 1.63. The Bertz CT molecular complexity index is 1070. The molecule has 0 unspecified atom stereocenters. The summed E-state index contributed by atoms with van der Waals surface area (Å²) in [5, 5.41) is 7.11. The van der Waals surface area contributed by atoms with E-state index in [1.54, 1.807) is 0 Å². The number of hydrogen-bond donors (Lipinski definition) is 0. The van der Waals surface area contributed by atoms with Crippen molar-refractivity contribution in [2.75, 3.05) is 12.5 Å². The standard InChI is InChI=1S/C20H14S6/c1-21-13-3-5-23-19(13)17-8-11-7-12-9-18(20-14(22-2)4-6-24-20)26-16(12)10-15(11)25-17/h3-10H,1-2H3. The van der Waals surface area contributed by atoms with Gasteiger partial charge in [-0.3, -0.25) is 0 Å². The molecule has 5 rings (SSSR count). The van der Waals surface area contributed by atoms with Crippen LogP contribution in [0.25, 0.3) is 39.7 Å². The van der Waals surface area contributed by atoms with Crippen molar-refractivity contribution >= 4 is 89.0 Å². The van der Waals surface area contributed by atoms with Crippen LogP contribution in [0.15, 0.2) is 56.9 Å². The minimum Gasteiger partial charge on any atom is -0.142 e. The van der Waals surface area contributed by atoms with E-state index in [0.717, 1.165) is 0 Å². The van der Waals surface area contributed by atoms with E-state index in [1.807, 2.05) is 68.9 Å². The molecule has 0 spiro atoms. The molecule has 0 aliphatic rings. The molecule has 26 heavy (non-hydrogen) atoms. The largest absolute Gasteiger partial charge is 0.142 e. The van der Waals surface area contributed by atoms with E-state index in [1.165, 1.54) is 49.5 Å². The second-order valence-electron chi connectivity index (χ2n) is 5.79. The van der Waals surface area contributed by atoms with Crippen molar-refractivity contribution < 1.29 is 0 Å². The Morgan fingerprint density at radius 2 is 1.15 bits per heavy atom. The molecule has 0 N–H and O–H groups in total. The lowest BCUT2D eigenvalue weighted by Crippen LogP contribution is -1.67. The zero-order chi connectivity index (χ0) is 17.7. The van der Waals surface area contributed by atoms with Crippen LogP contribution < -0.4 is 0 Å². The Hall–Kier alpha value is -0.760. The summed E-state index contributed by atoms with van der Waals surface area (Å²) in [7, 11) is 0. The van der Waals surface area contributed by atoms with Crippen molar-refractivity contribution in [3.63, 3.8) is 0 Å². The quantitative estimate of drug-likeness (QED) is 0.253. The summed E-state index contributed by atoms with van der Waals surface area (Å²) in [5.74, 6) is 0. The van der Waals surface area contributed by atoms with Crippen LogP contribution in [0.3, 0.4) is 0 Å². The third kappa shape index (κ3) is 2.87. The molecule has 0 atom stereocenters. The summed E-state index contributed by atoms with van der Waals surface area (Å²) in [4.78, 5) is 8.36. The number of thioether (sulfide) groups is 2. The highest BCUT2D eigenvalue weighted by Gasteiger charge is 2.14. The molecule has 1 aromatic carbocycles. The molecule has 0 bridgehead atoms. The van der Waals surface area contributed by atoms with Gasteiger partial charge in [0.25, 0.3) is 0 Å². The maximum absolute atomic E-state index is 2.38. The van der Waals surface area contributed by atoms with Crippen molar-refractivity contribution in [1.82, 2.24) is 0 Å². The first kappa shape index (κ1) is 17.3. The highest BCUT2D eigenvalue weighted by atomic mass is 32.2. The van der Waals surface area contributed by atoms with Crippen LogP contribution in [0.5, 0.6) is 0 Å². The predicted molar refractivity (Wildman–Crippen MR) is 127 cm³/mol. The molecule has 0 saturated heterocycles. The molecular formula is C20H14S6. The lowest BCUT2D eigenvalue weighted by Gasteiger charge is -1.95. The van der Waals surface area contributed by atoms with Gasteiger partial charge in [-0.2, -0.15) is 0 Å². The third-order valence-electron chi connectivity index (χ3n) is 4.30. The highest BCUT2D eigenvalue weighted by Crippen LogP contribution is 2.45. The first-order chi connectivity index (χ1) is 12.8. The Morgan fingerprint density at radius 1 is 0.654 bits per heavy atom. The van der Waals surface area contributed by atoms with Crippen LogP contribution in [0.2, 0.25) is 0 Å². The molecule has 0 fully saturated rings. The summed E-state index contributed by atoms with van der Waals surface area (Å²) in [6.45, 7) is 0. The van der Waals surface area contributed by atoms with Crippen LogP contribution in [-0.4, -0.2) is 12.5 Å². The van der Waals surface area contributed by atoms with Crippen LogP contribution >= 0.6 is 68.9 Å². The van der Waals surface area contributed by atoms with Gasteiger partial charge in [0.05, 0.1) is 9.75 Å². The van der Waals surface area contributed by atoms with Crippen molar-refractivity contribution in [3.8, 4) is 19.5 Å². The molecule has 6 heteroatoms. The summed E-state index contributed by atoms with van der Waals surface area (Å²) in [6.07, 6.45) is 4.31. The van der Waals surface area contributed by atoms with E-state index < -0.39 is 0 Å². The monoisotopic (exact) mass is 446 g/mol. The minimum atomic E-state index is 1.36. The maximum Gasteiger partial charge on any atom is 0.0578 e. The lowest BCUT2D eigenvalue weighted by atomic mass is 10.2. The van der Waals surface area contributed by atoms with E-state index in [4.69, 9.17) is 0 Å². The molecule has 0 radical (unpaired) electrons. The summed E-state index contributed by atoms with van der Waals surface area (Å²) in [6, 6.07) is 13.9. The summed E-state index contributed by atoms with van der Waals surface area (Å²) in [5.41, 5.74) is 0. The molecule has 0 aliphatic carbocycles. The van der Waals surface area contributed by atoms with Gasteiger partial charge in [-0.1, -0.05) is 0 Å². The lowest BCUT2D eigenvalue weighted by molar-refractivity contribution is 1.60. The van der Waals surface area contributed by atoms with Gasteiger partial charge in [-0.15, -0.1) is 68.9 Å². The van der Waals surface area contributed by atoms with Gasteiger partial charge in [0.2, 0.25) is 0 Å². The zero-order valence-electron chi connectivity index (χ0n) is 14.1. The molecule has 5 aromatic rings. The number of hydrogen-bond acceptors (Lipinski definition) is 6. The normalized spacial score (nSPS) is 11.8. The van der Waals surface area contributed by atoms with Crippen molar-refractivity contribution in [3.05, 3.63) is 47.2 Å². The van der Waals surface area contributed by atoms with E-state index in [0.29, 0.717) is 0 Å². The minimum absolute atomic E-state index is 1.36. The molecule has 130 valence electrons. The average Bonchev–Trinajstić information content (AvgIpc) is 3.42. The van der Waals surface area contributed by atoms with E-state index in [9.17, 15) is 0 Å². The second kappa shape index (κ2) is 7.00. The number of thiophene rings is 4. The van der Waals surface area contributed by atoms with Crippen molar-refractivity contribution in [1.29, 1.82) is 0 Å². The topological polar surface area (TPSA) is 0 Å². The predicted octanol–water partition coefficient (Wildman–Crippen LogP) is 9.02. The second-order valence-corrected chi connectivity index (χ2v) is 11.5. The van der Waals surface area contributed by atoms with Gasteiger partial charge in [-0.25, -0.2) is 0 Å². The Kier molecular flexibility index (Phi) is 4.67. The van der Waals surface area contributed by atoms with E-state index in [2.05, 4.69) is 59.7 Å². The Morgan fingerprint density at radius 3 is 1.62 bits per heavy atom. The average molecular weight is 447 g/mol. The first-order valence-electron chi connectivity index (χ1n) is 7.97. The number of benzene rings is 1. The van der Waals surface area contributed by atoms with Crippen LogP contribution in [-0.2, 0) is 0 Å². The van der Waals surface area contributed by atoms with Gasteiger partial charge in [0.15, 0.2) is 0 Å². The fourth-order valence-corrected chi connectivity index (χ4v) is 9.25. The van der Waals surface area contributed by atoms with Gasteiger partial charge in [0, 0.05) is 28.9 Å². The molecule has 0 saturated carbocycles. The molecule has 4 heterocycles. The molecular weight excluding hydrogens is 433 g/mol. The molecule has 4 aromatic heterocycles. The van der Waals surface area contributed by atoms with Crippen molar-refractivity contribution in [2.45, 2.75) is 9.79 Å². The number of fused-ring (bicyclic) bond motifs is 2. The highest BCUT2D eigenvalue weighted by molar-refractivity contribution is 7.99. The fourth-order valence-electron chi connectivity index (χ4n) is 3.08. The SMILES string of the molecule is CSc1ccsc1-c1cc2cc3cc(-c4sccc4SC)sc3cc2s1. The Labute approximate surface area is 176 Å². The van der Waals surface area contributed by atoms with Crippen molar-refractivity contribution in [2.24, 2.45) is 0 Å². The van der Waals surface area contributed by atoms with E-state index in [-0.39, 0.29) is 0 Å². The zero-order valence-corrected chi connectivity index (χ0v) is 19.0. The molecule has 0 nitrogen and oxygen atoms in total. The van der Waals surface area contributed by atoms with Crippen LogP contribution in [0, 0.1) is 0 Å². The maximum atomic E-state index is 2.38. The number of rotatable bonds is 4. The smallest absolute Gasteiger partial charge is 0.0578 e.